The molecule has 2 unspecified atom stereocenters. The van der Waals surface area contributed by atoms with Crippen molar-refractivity contribution in [1.29, 1.82) is 0 Å². The summed E-state index contributed by atoms with van der Waals surface area (Å²) in [6.45, 7) is 7.22. The van der Waals surface area contributed by atoms with E-state index in [1.54, 1.807) is 0 Å². The van der Waals surface area contributed by atoms with Crippen molar-refractivity contribution in [1.82, 2.24) is 15.1 Å². The van der Waals surface area contributed by atoms with Crippen LogP contribution in [0.3, 0.4) is 0 Å². The third-order valence-corrected chi connectivity index (χ3v) is 4.17. The van der Waals surface area contributed by atoms with Gasteiger partial charge in [0.2, 0.25) is 0 Å². The highest BCUT2D eigenvalue weighted by atomic mass is 16.5. The van der Waals surface area contributed by atoms with E-state index >= 15 is 0 Å². The Labute approximate surface area is 136 Å². The van der Waals surface area contributed by atoms with Gasteiger partial charge in [-0.25, -0.2) is 0 Å². The minimum atomic E-state index is -0.511. The number of rotatable bonds is 4. The summed E-state index contributed by atoms with van der Waals surface area (Å²) in [4.78, 5) is 12.6. The number of nitrogens with zero attached hydrogens (tertiary/aromatic N) is 2. The second kappa shape index (κ2) is 6.54. The maximum atomic E-state index is 12.6. The highest BCUT2D eigenvalue weighted by molar-refractivity contribution is 5.83. The lowest BCUT2D eigenvalue weighted by molar-refractivity contribution is -0.134. The van der Waals surface area contributed by atoms with Crippen LogP contribution in [0.25, 0.3) is 0 Å². The maximum absolute atomic E-state index is 12.6. The Balaban J connectivity index is 1.66. The highest BCUT2D eigenvalue weighted by Gasteiger charge is 2.28. The third kappa shape index (κ3) is 3.45. The molecule has 1 aromatic carbocycles. The molecule has 1 aliphatic rings. The lowest BCUT2D eigenvalue weighted by Crippen LogP contribution is -2.41. The average Bonchev–Trinajstić information content (AvgIpc) is 2.84. The zero-order valence-corrected chi connectivity index (χ0v) is 13.9. The van der Waals surface area contributed by atoms with E-state index in [0.29, 0.717) is 13.2 Å². The molecule has 0 fully saturated rings. The molecule has 23 heavy (non-hydrogen) atoms. The fourth-order valence-electron chi connectivity index (χ4n) is 3.09. The molecule has 1 aliphatic heterocycles. The topological polar surface area (TPSA) is 56.2 Å². The Morgan fingerprint density at radius 2 is 2.22 bits per heavy atom. The molecular weight excluding hydrogens is 290 g/mol. The number of benzene rings is 1. The van der Waals surface area contributed by atoms with Crippen molar-refractivity contribution in [2.45, 2.75) is 45.9 Å². The molecule has 2 atom stereocenters. The van der Waals surface area contributed by atoms with Crippen LogP contribution in [0.5, 0.6) is 0 Å². The van der Waals surface area contributed by atoms with Gasteiger partial charge in [0.25, 0.3) is 5.91 Å². The van der Waals surface area contributed by atoms with Crippen LogP contribution in [-0.2, 0) is 22.5 Å². The Hall–Kier alpha value is -2.14. The van der Waals surface area contributed by atoms with Gasteiger partial charge in [0, 0.05) is 11.7 Å². The Morgan fingerprint density at radius 1 is 1.43 bits per heavy atom. The number of ether oxygens (including phenoxy) is 1. The van der Waals surface area contributed by atoms with Crippen molar-refractivity contribution < 1.29 is 9.53 Å². The van der Waals surface area contributed by atoms with E-state index in [1.807, 2.05) is 49.7 Å². The zero-order chi connectivity index (χ0) is 16.4. The molecule has 1 aromatic heterocycles. The Bertz CT molecular complexity index is 708. The van der Waals surface area contributed by atoms with Gasteiger partial charge in [-0.05, 0) is 44.4 Å². The molecule has 3 rings (SSSR count). The predicted octanol–water partition coefficient (Wildman–Crippen LogP) is 2.32. The molecule has 0 saturated heterocycles. The van der Waals surface area contributed by atoms with Crippen molar-refractivity contribution in [3.05, 3.63) is 52.8 Å². The highest BCUT2D eigenvalue weighted by Crippen LogP contribution is 2.27. The summed E-state index contributed by atoms with van der Waals surface area (Å²) in [6.07, 6.45) is 0.351. The monoisotopic (exact) mass is 313 g/mol. The zero-order valence-electron chi connectivity index (χ0n) is 13.9. The molecule has 0 radical (unpaired) electrons. The van der Waals surface area contributed by atoms with Crippen LogP contribution >= 0.6 is 0 Å². The quantitative estimate of drug-likeness (QED) is 0.942. The summed E-state index contributed by atoms with van der Waals surface area (Å²) >= 11 is 0. The van der Waals surface area contributed by atoms with Gasteiger partial charge in [-0.15, -0.1) is 0 Å². The molecule has 2 heterocycles. The molecule has 122 valence electrons. The van der Waals surface area contributed by atoms with E-state index in [4.69, 9.17) is 4.74 Å². The molecule has 1 amide bonds. The number of hydrogen-bond acceptors (Lipinski definition) is 3. The first-order chi connectivity index (χ1) is 11.0. The van der Waals surface area contributed by atoms with Crippen molar-refractivity contribution in [3.63, 3.8) is 0 Å². The van der Waals surface area contributed by atoms with Crippen molar-refractivity contribution in [2.24, 2.45) is 0 Å². The number of amides is 1. The molecular formula is C18H23N3O2. The van der Waals surface area contributed by atoms with E-state index in [0.717, 1.165) is 23.4 Å². The van der Waals surface area contributed by atoms with Crippen LogP contribution in [0.2, 0.25) is 0 Å². The Morgan fingerprint density at radius 3 is 2.96 bits per heavy atom. The molecule has 0 bridgehead atoms. The van der Waals surface area contributed by atoms with Gasteiger partial charge in [-0.2, -0.15) is 5.10 Å². The first-order valence-electron chi connectivity index (χ1n) is 8.05. The van der Waals surface area contributed by atoms with Crippen LogP contribution in [0, 0.1) is 13.8 Å². The summed E-state index contributed by atoms with van der Waals surface area (Å²) in [5.74, 6) is -0.0776. The van der Waals surface area contributed by atoms with Gasteiger partial charge in [-0.1, -0.05) is 24.3 Å². The summed E-state index contributed by atoms with van der Waals surface area (Å²) in [7, 11) is 0. The summed E-state index contributed by atoms with van der Waals surface area (Å²) in [5, 5.41) is 7.49. The van der Waals surface area contributed by atoms with E-state index in [9.17, 15) is 4.79 Å². The molecule has 0 spiro atoms. The average molecular weight is 313 g/mol. The van der Waals surface area contributed by atoms with E-state index in [2.05, 4.69) is 16.5 Å². The lowest BCUT2D eigenvalue weighted by Gasteiger charge is -2.26. The molecule has 1 N–H and O–H groups in total. The number of hydrogen-bond donors (Lipinski definition) is 1. The maximum Gasteiger partial charge on any atom is 0.254 e. The van der Waals surface area contributed by atoms with Crippen LogP contribution in [-0.4, -0.2) is 28.3 Å². The van der Waals surface area contributed by atoms with Gasteiger partial charge in [-0.3, -0.25) is 9.48 Å². The van der Waals surface area contributed by atoms with E-state index < -0.39 is 6.10 Å². The molecule has 0 aliphatic carbocycles. The second-order valence-electron chi connectivity index (χ2n) is 6.22. The lowest BCUT2D eigenvalue weighted by atomic mass is 9.97. The fraction of sp³-hybridized carbons (Fsp3) is 0.444. The first-order valence-corrected chi connectivity index (χ1v) is 8.05. The van der Waals surface area contributed by atoms with Gasteiger partial charge < -0.3 is 10.1 Å². The van der Waals surface area contributed by atoms with Crippen molar-refractivity contribution in [2.75, 3.05) is 6.61 Å². The number of nitrogens with one attached hydrogen (secondary N) is 1. The van der Waals surface area contributed by atoms with Gasteiger partial charge in [0.15, 0.2) is 6.10 Å². The van der Waals surface area contributed by atoms with Crippen LogP contribution in [0.15, 0.2) is 30.3 Å². The second-order valence-corrected chi connectivity index (χ2v) is 6.22. The predicted molar refractivity (Wildman–Crippen MR) is 88.1 cm³/mol. The third-order valence-electron chi connectivity index (χ3n) is 4.17. The Kier molecular flexibility index (Phi) is 4.48. The number of carbonyl (C=O) groups is 1. The largest absolute Gasteiger partial charge is 0.363 e. The smallest absolute Gasteiger partial charge is 0.254 e. The van der Waals surface area contributed by atoms with Crippen molar-refractivity contribution in [3.8, 4) is 0 Å². The number of carbonyl (C=O) groups excluding carboxylic acids is 1. The summed E-state index contributed by atoms with van der Waals surface area (Å²) < 4.78 is 7.64. The van der Waals surface area contributed by atoms with Crippen LogP contribution in [0.1, 0.15) is 35.5 Å². The van der Waals surface area contributed by atoms with Gasteiger partial charge in [0.1, 0.15) is 0 Å². The van der Waals surface area contributed by atoms with Crippen molar-refractivity contribution >= 4 is 5.91 Å². The van der Waals surface area contributed by atoms with E-state index in [1.165, 1.54) is 5.56 Å². The van der Waals surface area contributed by atoms with Crippen LogP contribution in [0.4, 0.5) is 0 Å². The normalized spacial score (nSPS) is 18.3. The SMILES string of the molecule is Cc1cc(C)n(CC(C)NC(=O)C2OCCc3ccccc32)n1. The number of fused-ring (bicyclic) bond motifs is 1. The molecule has 5 heteroatoms. The standard InChI is InChI=1S/C18H23N3O2/c1-12-10-14(3)21(20-12)11-13(2)19-18(22)17-16-7-5-4-6-15(16)8-9-23-17/h4-7,10,13,17H,8-9,11H2,1-3H3,(H,19,22). The fourth-order valence-corrected chi connectivity index (χ4v) is 3.09. The number of aromatic nitrogens is 2. The first kappa shape index (κ1) is 15.7. The summed E-state index contributed by atoms with van der Waals surface area (Å²) in [6, 6.07) is 10.0. The summed E-state index contributed by atoms with van der Waals surface area (Å²) in [5.41, 5.74) is 4.27. The minimum Gasteiger partial charge on any atom is -0.363 e. The van der Waals surface area contributed by atoms with Gasteiger partial charge >= 0.3 is 0 Å². The van der Waals surface area contributed by atoms with Crippen LogP contribution < -0.4 is 5.32 Å². The number of aryl methyl sites for hydroxylation is 2. The molecule has 0 saturated carbocycles. The molecule has 2 aromatic rings. The molecule has 5 nitrogen and oxygen atoms in total. The minimum absolute atomic E-state index is 0.0156. The van der Waals surface area contributed by atoms with E-state index in [-0.39, 0.29) is 11.9 Å². The van der Waals surface area contributed by atoms with Gasteiger partial charge in [0.05, 0.1) is 18.8 Å².